The second kappa shape index (κ2) is 13.8. The van der Waals surface area contributed by atoms with Crippen molar-refractivity contribution in [2.24, 2.45) is 5.92 Å². The van der Waals surface area contributed by atoms with E-state index in [2.05, 4.69) is 28.9 Å². The molecule has 0 N–H and O–H groups in total. The maximum atomic E-state index is 13.2. The van der Waals surface area contributed by atoms with Crippen LogP contribution in [0.4, 0.5) is 5.82 Å². The van der Waals surface area contributed by atoms with Gasteiger partial charge in [0, 0.05) is 44.4 Å². The summed E-state index contributed by atoms with van der Waals surface area (Å²) in [6, 6.07) is 19.1. The SMILES string of the molecule is COc1ccc(-c2ccc(N3CCN(C(=O)CN(CCC(C)C)C(=O)Cc4ccccc4)CC3)nn2)c(OC)c1. The van der Waals surface area contributed by atoms with E-state index in [9.17, 15) is 9.59 Å². The van der Waals surface area contributed by atoms with Gasteiger partial charge in [-0.25, -0.2) is 0 Å². The Morgan fingerprint density at radius 2 is 1.68 bits per heavy atom. The van der Waals surface area contributed by atoms with E-state index in [0.29, 0.717) is 62.3 Å². The van der Waals surface area contributed by atoms with Crippen molar-refractivity contribution in [3.05, 3.63) is 66.2 Å². The Balaban J connectivity index is 1.34. The third kappa shape index (κ3) is 7.49. The lowest BCUT2D eigenvalue weighted by Gasteiger charge is -2.36. The van der Waals surface area contributed by atoms with E-state index in [-0.39, 0.29) is 18.4 Å². The molecule has 1 aliphatic heterocycles. The van der Waals surface area contributed by atoms with Crippen LogP contribution in [-0.4, -0.2) is 85.3 Å². The molecule has 2 amide bonds. The number of ether oxygens (including phenoxy) is 2. The molecule has 0 radical (unpaired) electrons. The van der Waals surface area contributed by atoms with Gasteiger partial charge in [-0.1, -0.05) is 44.2 Å². The molecular weight excluding hydrogens is 506 g/mol. The molecule has 0 saturated carbocycles. The molecular formula is C31H39N5O4. The van der Waals surface area contributed by atoms with E-state index in [1.807, 2.05) is 65.6 Å². The lowest BCUT2D eigenvalue weighted by Crippen LogP contribution is -2.52. The highest BCUT2D eigenvalue weighted by atomic mass is 16.5. The fraction of sp³-hybridized carbons (Fsp3) is 0.419. The number of piperazine rings is 1. The number of methoxy groups -OCH3 is 2. The van der Waals surface area contributed by atoms with Gasteiger partial charge in [0.25, 0.3) is 0 Å². The molecule has 2 aromatic carbocycles. The number of benzene rings is 2. The van der Waals surface area contributed by atoms with Crippen LogP contribution >= 0.6 is 0 Å². The molecule has 2 heterocycles. The fourth-order valence-corrected chi connectivity index (χ4v) is 4.68. The first-order chi connectivity index (χ1) is 19.4. The average Bonchev–Trinajstić information content (AvgIpc) is 2.99. The van der Waals surface area contributed by atoms with E-state index in [1.54, 1.807) is 19.1 Å². The second-order valence-electron chi connectivity index (χ2n) is 10.4. The maximum absolute atomic E-state index is 13.2. The summed E-state index contributed by atoms with van der Waals surface area (Å²) in [4.78, 5) is 32.0. The van der Waals surface area contributed by atoms with Gasteiger partial charge in [-0.05, 0) is 42.2 Å². The number of aromatic nitrogens is 2. The molecule has 0 atom stereocenters. The first kappa shape index (κ1) is 28.9. The van der Waals surface area contributed by atoms with Gasteiger partial charge in [0.1, 0.15) is 11.5 Å². The minimum absolute atomic E-state index is 0.0114. The zero-order chi connectivity index (χ0) is 28.5. The van der Waals surface area contributed by atoms with Crippen LogP contribution in [0.15, 0.2) is 60.7 Å². The van der Waals surface area contributed by atoms with E-state index >= 15 is 0 Å². The molecule has 0 bridgehead atoms. The molecule has 9 heteroatoms. The normalized spacial score (nSPS) is 13.3. The molecule has 0 unspecified atom stereocenters. The minimum Gasteiger partial charge on any atom is -0.497 e. The Labute approximate surface area is 236 Å². The summed E-state index contributed by atoms with van der Waals surface area (Å²) in [5.41, 5.74) is 2.50. The van der Waals surface area contributed by atoms with E-state index in [1.165, 1.54) is 0 Å². The summed E-state index contributed by atoms with van der Waals surface area (Å²) in [6.07, 6.45) is 1.16. The molecule has 9 nitrogen and oxygen atoms in total. The Hall–Kier alpha value is -4.14. The van der Waals surface area contributed by atoms with Crippen molar-refractivity contribution < 1.29 is 19.1 Å². The van der Waals surface area contributed by atoms with Gasteiger partial charge in [0.05, 0.1) is 32.9 Å². The van der Waals surface area contributed by atoms with Crippen LogP contribution in [0.5, 0.6) is 11.5 Å². The van der Waals surface area contributed by atoms with Crippen LogP contribution in [0.25, 0.3) is 11.3 Å². The Bertz CT molecular complexity index is 1260. The molecule has 1 saturated heterocycles. The van der Waals surface area contributed by atoms with E-state index in [0.717, 1.165) is 23.4 Å². The molecule has 0 aliphatic carbocycles. The number of carbonyl (C=O) groups is 2. The molecule has 0 spiro atoms. The van der Waals surface area contributed by atoms with Gasteiger partial charge in [0.2, 0.25) is 11.8 Å². The summed E-state index contributed by atoms with van der Waals surface area (Å²) in [6.45, 7) is 7.38. The zero-order valence-corrected chi connectivity index (χ0v) is 23.9. The molecule has 1 aliphatic rings. The van der Waals surface area contributed by atoms with Gasteiger partial charge in [-0.15, -0.1) is 10.2 Å². The van der Waals surface area contributed by atoms with Crippen molar-refractivity contribution in [1.29, 1.82) is 0 Å². The monoisotopic (exact) mass is 545 g/mol. The van der Waals surface area contributed by atoms with Crippen molar-refractivity contribution in [3.8, 4) is 22.8 Å². The average molecular weight is 546 g/mol. The Kier molecular flexibility index (Phi) is 9.94. The van der Waals surface area contributed by atoms with Gasteiger partial charge in [0.15, 0.2) is 5.82 Å². The van der Waals surface area contributed by atoms with Crippen LogP contribution in [0.2, 0.25) is 0 Å². The third-order valence-corrected chi connectivity index (χ3v) is 7.14. The largest absolute Gasteiger partial charge is 0.497 e. The molecule has 1 fully saturated rings. The first-order valence-corrected chi connectivity index (χ1v) is 13.8. The van der Waals surface area contributed by atoms with Crippen LogP contribution in [0, 0.1) is 5.92 Å². The number of nitrogens with zero attached hydrogens (tertiary/aromatic N) is 5. The summed E-state index contributed by atoms with van der Waals surface area (Å²) < 4.78 is 10.8. The quantitative estimate of drug-likeness (QED) is 0.361. The van der Waals surface area contributed by atoms with Crippen LogP contribution in [0.1, 0.15) is 25.8 Å². The molecule has 3 aromatic rings. The first-order valence-electron chi connectivity index (χ1n) is 13.8. The predicted molar refractivity (Wildman–Crippen MR) is 156 cm³/mol. The van der Waals surface area contributed by atoms with Crippen LogP contribution in [-0.2, 0) is 16.0 Å². The van der Waals surface area contributed by atoms with E-state index < -0.39 is 0 Å². The highest BCUT2D eigenvalue weighted by Gasteiger charge is 2.25. The minimum atomic E-state index is -0.0159. The lowest BCUT2D eigenvalue weighted by atomic mass is 10.1. The highest BCUT2D eigenvalue weighted by molar-refractivity contribution is 5.86. The van der Waals surface area contributed by atoms with Crippen molar-refractivity contribution >= 4 is 17.6 Å². The van der Waals surface area contributed by atoms with E-state index in [4.69, 9.17) is 9.47 Å². The number of anilines is 1. The number of carbonyl (C=O) groups excluding carboxylic acids is 2. The molecule has 1 aromatic heterocycles. The fourth-order valence-electron chi connectivity index (χ4n) is 4.68. The maximum Gasteiger partial charge on any atom is 0.242 e. The topological polar surface area (TPSA) is 88.1 Å². The number of hydrogen-bond donors (Lipinski definition) is 0. The Morgan fingerprint density at radius 3 is 2.30 bits per heavy atom. The smallest absolute Gasteiger partial charge is 0.242 e. The highest BCUT2D eigenvalue weighted by Crippen LogP contribution is 2.32. The van der Waals surface area contributed by atoms with Crippen molar-refractivity contribution in [2.45, 2.75) is 26.7 Å². The predicted octanol–water partition coefficient (Wildman–Crippen LogP) is 3.93. The summed E-state index contributed by atoms with van der Waals surface area (Å²) in [5.74, 6) is 2.56. The van der Waals surface area contributed by atoms with Gasteiger partial charge >= 0.3 is 0 Å². The third-order valence-electron chi connectivity index (χ3n) is 7.14. The van der Waals surface area contributed by atoms with Crippen molar-refractivity contribution in [3.63, 3.8) is 0 Å². The number of hydrogen-bond acceptors (Lipinski definition) is 7. The van der Waals surface area contributed by atoms with Gasteiger partial charge in [-0.3, -0.25) is 9.59 Å². The van der Waals surface area contributed by atoms with Crippen LogP contribution in [0.3, 0.4) is 0 Å². The summed E-state index contributed by atoms with van der Waals surface area (Å²) in [5, 5.41) is 8.88. The van der Waals surface area contributed by atoms with Crippen molar-refractivity contribution in [2.75, 3.05) is 58.4 Å². The molecule has 4 rings (SSSR count). The summed E-state index contributed by atoms with van der Waals surface area (Å²) >= 11 is 0. The van der Waals surface area contributed by atoms with Gasteiger partial charge < -0.3 is 24.2 Å². The standard InChI is InChI=1S/C31H39N5O4/c1-23(2)14-15-36(30(37)20-24-8-6-5-7-9-24)22-31(38)35-18-16-34(17-19-35)29-13-12-27(32-33-29)26-11-10-25(39-3)21-28(26)40-4/h5-13,21,23H,14-20,22H2,1-4H3. The molecule has 40 heavy (non-hydrogen) atoms. The molecule has 212 valence electrons. The lowest BCUT2D eigenvalue weighted by molar-refractivity contribution is -0.140. The Morgan fingerprint density at radius 1 is 0.925 bits per heavy atom. The summed E-state index contributed by atoms with van der Waals surface area (Å²) in [7, 11) is 3.23. The second-order valence-corrected chi connectivity index (χ2v) is 10.4. The van der Waals surface area contributed by atoms with Crippen molar-refractivity contribution in [1.82, 2.24) is 20.0 Å². The number of rotatable bonds is 11. The number of amides is 2. The van der Waals surface area contributed by atoms with Gasteiger partial charge in [-0.2, -0.15) is 0 Å². The zero-order valence-electron chi connectivity index (χ0n) is 23.9. The van der Waals surface area contributed by atoms with Crippen LogP contribution < -0.4 is 14.4 Å².